The van der Waals surface area contributed by atoms with E-state index in [-0.39, 0.29) is 35.3 Å². The van der Waals surface area contributed by atoms with E-state index in [1.165, 1.54) is 12.5 Å². The summed E-state index contributed by atoms with van der Waals surface area (Å²) in [5.74, 6) is -2.76. The van der Waals surface area contributed by atoms with Gasteiger partial charge in [-0.3, -0.25) is 9.59 Å². The number of benzene rings is 1. The molecule has 0 bridgehead atoms. The summed E-state index contributed by atoms with van der Waals surface area (Å²) in [4.78, 5) is 46.3. The van der Waals surface area contributed by atoms with Crippen LogP contribution in [0.1, 0.15) is 11.3 Å². The number of nitrogens with zero attached hydrogens (tertiary/aromatic N) is 4. The zero-order chi connectivity index (χ0) is 22.1. The molecule has 12 heteroatoms. The highest BCUT2D eigenvalue weighted by atomic mass is 32.1. The molecule has 0 saturated carbocycles. The Morgan fingerprint density at radius 1 is 1.35 bits per heavy atom. The number of rotatable bonds is 6. The van der Waals surface area contributed by atoms with Crippen LogP contribution in [0.3, 0.4) is 0 Å². The van der Waals surface area contributed by atoms with E-state index in [2.05, 4.69) is 15.5 Å². The standard InChI is InChI=1S/C19H18N6O5S/c1-30-23-14(13-9-31-19(20)22-13)16(26)21-12-8-24-7-11(10-5-3-2-4-6-10)15(18(28)29)25(24)17(12)27/h2-6,9,12H,7-8H2,1H3,(H2,20,22)(H,21,26)(H,28,29)/p-1/b23-14-. The first-order valence-electron chi connectivity index (χ1n) is 9.12. The average molecular weight is 441 g/mol. The number of aliphatic carboxylic acids is 1. The van der Waals surface area contributed by atoms with Gasteiger partial charge in [-0.1, -0.05) is 35.5 Å². The maximum absolute atomic E-state index is 13.0. The van der Waals surface area contributed by atoms with Gasteiger partial charge in [0.2, 0.25) is 0 Å². The van der Waals surface area contributed by atoms with Crippen molar-refractivity contribution in [3.63, 3.8) is 0 Å². The van der Waals surface area contributed by atoms with Gasteiger partial charge in [-0.15, -0.1) is 11.3 Å². The van der Waals surface area contributed by atoms with E-state index in [0.29, 0.717) is 11.1 Å². The molecule has 3 N–H and O–H groups in total. The van der Waals surface area contributed by atoms with Crippen LogP contribution >= 0.6 is 11.3 Å². The zero-order valence-corrected chi connectivity index (χ0v) is 17.1. The Morgan fingerprint density at radius 3 is 2.71 bits per heavy atom. The second-order valence-corrected chi connectivity index (χ2v) is 7.59. The number of anilines is 1. The van der Waals surface area contributed by atoms with Crippen LogP contribution in [-0.2, 0) is 19.2 Å². The first-order chi connectivity index (χ1) is 14.9. The lowest BCUT2D eigenvalue weighted by molar-refractivity contribution is -0.301. The van der Waals surface area contributed by atoms with E-state index in [1.54, 1.807) is 29.3 Å². The maximum Gasteiger partial charge on any atom is 0.276 e. The molecule has 1 fully saturated rings. The lowest BCUT2D eigenvalue weighted by Crippen LogP contribution is -2.46. The maximum atomic E-state index is 13.0. The molecule has 31 heavy (non-hydrogen) atoms. The van der Waals surface area contributed by atoms with E-state index in [4.69, 9.17) is 10.6 Å². The number of nitrogens with one attached hydrogen (secondary N) is 1. The van der Waals surface area contributed by atoms with Gasteiger partial charge >= 0.3 is 0 Å². The number of hydrogen-bond donors (Lipinski definition) is 2. The van der Waals surface area contributed by atoms with Gasteiger partial charge in [0.25, 0.3) is 11.8 Å². The van der Waals surface area contributed by atoms with Crippen LogP contribution in [0.4, 0.5) is 5.13 Å². The van der Waals surface area contributed by atoms with Gasteiger partial charge in [-0.2, -0.15) is 0 Å². The number of hydrazine groups is 1. The molecule has 11 nitrogen and oxygen atoms in total. The van der Waals surface area contributed by atoms with Gasteiger partial charge in [0.15, 0.2) is 10.8 Å². The van der Waals surface area contributed by atoms with Gasteiger partial charge in [0, 0.05) is 24.0 Å². The van der Waals surface area contributed by atoms with Crippen molar-refractivity contribution in [2.75, 3.05) is 25.9 Å². The number of aromatic nitrogens is 1. The number of nitrogen functional groups attached to an aromatic ring is 1. The predicted molar refractivity (Wildman–Crippen MR) is 109 cm³/mol. The highest BCUT2D eigenvalue weighted by molar-refractivity contribution is 7.13. The zero-order valence-electron chi connectivity index (χ0n) is 16.3. The number of nitrogens with two attached hydrogens (primary N) is 1. The van der Waals surface area contributed by atoms with Gasteiger partial charge in [-0.05, 0) is 5.56 Å². The van der Waals surface area contributed by atoms with E-state index in [1.807, 2.05) is 6.07 Å². The molecule has 4 rings (SSSR count). The molecule has 1 unspecified atom stereocenters. The van der Waals surface area contributed by atoms with E-state index < -0.39 is 23.8 Å². The van der Waals surface area contributed by atoms with Crippen molar-refractivity contribution in [3.8, 4) is 0 Å². The van der Waals surface area contributed by atoms with Crippen molar-refractivity contribution in [3.05, 3.63) is 52.7 Å². The number of hydrogen-bond acceptors (Lipinski definition) is 10. The van der Waals surface area contributed by atoms with Crippen molar-refractivity contribution in [1.29, 1.82) is 0 Å². The summed E-state index contributed by atoms with van der Waals surface area (Å²) in [5, 5.41) is 22.5. The number of carboxylic acids is 1. The third-order valence-corrected chi connectivity index (χ3v) is 5.48. The van der Waals surface area contributed by atoms with E-state index >= 15 is 0 Å². The smallest absolute Gasteiger partial charge is 0.276 e. The highest BCUT2D eigenvalue weighted by Gasteiger charge is 2.46. The Kier molecular flexibility index (Phi) is 5.40. The second-order valence-electron chi connectivity index (χ2n) is 6.70. The molecule has 1 atom stereocenters. The minimum absolute atomic E-state index is 0.0805. The number of carbonyl (C=O) groups excluding carboxylic acids is 3. The number of thiazole rings is 1. The molecule has 0 spiro atoms. The average Bonchev–Trinajstić information content (AvgIpc) is 3.42. The van der Waals surface area contributed by atoms with Crippen molar-refractivity contribution in [1.82, 2.24) is 20.3 Å². The van der Waals surface area contributed by atoms with Crippen LogP contribution in [0.25, 0.3) is 5.57 Å². The summed E-state index contributed by atoms with van der Waals surface area (Å²) in [5.41, 5.74) is 6.59. The molecular formula is C19H17N6O5S-. The second kappa shape index (κ2) is 8.16. The molecule has 2 amide bonds. The monoisotopic (exact) mass is 441 g/mol. The first-order valence-corrected chi connectivity index (χ1v) is 10.0. The van der Waals surface area contributed by atoms with Crippen LogP contribution in [0.2, 0.25) is 0 Å². The fraction of sp³-hybridized carbons (Fsp3) is 0.211. The van der Waals surface area contributed by atoms with Gasteiger partial charge < -0.3 is 25.8 Å². The lowest BCUT2D eigenvalue weighted by Gasteiger charge is -2.22. The molecule has 0 aliphatic carbocycles. The summed E-state index contributed by atoms with van der Waals surface area (Å²) in [6, 6.07) is 7.90. The number of oxime groups is 1. The van der Waals surface area contributed by atoms with Gasteiger partial charge in [0.1, 0.15) is 18.8 Å². The third kappa shape index (κ3) is 3.73. The van der Waals surface area contributed by atoms with Crippen LogP contribution in [0, 0.1) is 0 Å². The molecule has 1 aromatic heterocycles. The quantitative estimate of drug-likeness (QED) is 0.418. The SMILES string of the molecule is CO/N=C(\C(=O)NC1CN2CC(c3ccccc3)=C(C(=O)[O-])N2C1=O)c1csc(N)n1. The molecule has 3 heterocycles. The Balaban J connectivity index is 1.57. The van der Waals surface area contributed by atoms with Gasteiger partial charge in [-0.25, -0.2) is 15.0 Å². The Morgan fingerprint density at radius 2 is 2.10 bits per heavy atom. The highest BCUT2D eigenvalue weighted by Crippen LogP contribution is 2.34. The Hall–Kier alpha value is -3.77. The Bertz CT molecular complexity index is 1110. The molecule has 1 saturated heterocycles. The summed E-state index contributed by atoms with van der Waals surface area (Å²) >= 11 is 1.12. The predicted octanol–water partition coefficient (Wildman–Crippen LogP) is -1.21. The minimum atomic E-state index is -1.47. The lowest BCUT2D eigenvalue weighted by atomic mass is 10.0. The third-order valence-electron chi connectivity index (χ3n) is 4.80. The molecule has 160 valence electrons. The van der Waals surface area contributed by atoms with Crippen molar-refractivity contribution in [2.24, 2.45) is 5.16 Å². The van der Waals surface area contributed by atoms with Crippen LogP contribution < -0.4 is 16.2 Å². The van der Waals surface area contributed by atoms with E-state index in [0.717, 1.165) is 16.3 Å². The van der Waals surface area contributed by atoms with Crippen molar-refractivity contribution in [2.45, 2.75) is 6.04 Å². The van der Waals surface area contributed by atoms with Crippen molar-refractivity contribution < 1.29 is 24.3 Å². The van der Waals surface area contributed by atoms with Crippen LogP contribution in [0.5, 0.6) is 0 Å². The number of fused-ring (bicyclic) bond motifs is 1. The van der Waals surface area contributed by atoms with E-state index in [9.17, 15) is 19.5 Å². The summed E-state index contributed by atoms with van der Waals surface area (Å²) in [7, 11) is 1.27. The molecule has 2 aromatic rings. The molecular weight excluding hydrogens is 424 g/mol. The summed E-state index contributed by atoms with van der Waals surface area (Å²) in [6.07, 6.45) is 0. The number of amides is 2. The first kappa shape index (κ1) is 20.5. The molecule has 0 radical (unpaired) electrons. The fourth-order valence-electron chi connectivity index (χ4n) is 3.53. The normalized spacial score (nSPS) is 19.0. The van der Waals surface area contributed by atoms with Gasteiger partial charge in [0.05, 0.1) is 11.7 Å². The topological polar surface area (TPSA) is 153 Å². The largest absolute Gasteiger partial charge is 0.543 e. The van der Waals surface area contributed by atoms with Crippen LogP contribution in [0.15, 0.2) is 46.6 Å². The molecule has 1 aromatic carbocycles. The fourth-order valence-corrected chi connectivity index (χ4v) is 4.08. The summed E-state index contributed by atoms with van der Waals surface area (Å²) < 4.78 is 0. The Labute approximate surface area is 180 Å². The number of carboxylic acid groups (broad SMARTS) is 1. The molecule has 2 aliphatic heterocycles. The minimum Gasteiger partial charge on any atom is -0.543 e. The summed E-state index contributed by atoms with van der Waals surface area (Å²) in [6.45, 7) is 0.268. The van der Waals surface area contributed by atoms with Crippen LogP contribution in [-0.4, -0.2) is 64.7 Å². The molecule has 2 aliphatic rings. The van der Waals surface area contributed by atoms with Crippen molar-refractivity contribution >= 4 is 45.5 Å². The number of carbonyl (C=O) groups is 3.